The molecule has 1 N–H and O–H groups in total. The SMILES string of the molecule is CCCC(=O)NCc1nc2ccccc2n1C(C)c1ccccc1. The first-order valence-corrected chi connectivity index (χ1v) is 8.48. The number of nitrogens with one attached hydrogen (secondary N) is 1. The number of imidazole rings is 1. The Labute approximate surface area is 142 Å². The van der Waals surface area contributed by atoms with Crippen molar-refractivity contribution in [2.24, 2.45) is 0 Å². The average molecular weight is 321 g/mol. The van der Waals surface area contributed by atoms with Crippen LogP contribution in [-0.4, -0.2) is 15.5 Å². The highest BCUT2D eigenvalue weighted by atomic mass is 16.1. The maximum Gasteiger partial charge on any atom is 0.220 e. The van der Waals surface area contributed by atoms with Gasteiger partial charge in [-0.2, -0.15) is 0 Å². The standard InChI is InChI=1S/C20H23N3O/c1-3-9-20(24)21-14-19-22-17-12-7-8-13-18(17)23(19)15(2)16-10-5-4-6-11-16/h4-8,10-13,15H,3,9,14H2,1-2H3,(H,21,24). The molecule has 1 aromatic heterocycles. The lowest BCUT2D eigenvalue weighted by Crippen LogP contribution is -2.25. The monoisotopic (exact) mass is 321 g/mol. The molecule has 1 amide bonds. The van der Waals surface area contributed by atoms with E-state index in [1.54, 1.807) is 0 Å². The van der Waals surface area contributed by atoms with Gasteiger partial charge in [-0.1, -0.05) is 49.4 Å². The molecule has 0 aliphatic heterocycles. The van der Waals surface area contributed by atoms with Gasteiger partial charge >= 0.3 is 0 Å². The Morgan fingerprint density at radius 2 is 1.83 bits per heavy atom. The van der Waals surface area contributed by atoms with Crippen molar-refractivity contribution in [3.05, 3.63) is 66.0 Å². The Morgan fingerprint density at radius 3 is 2.58 bits per heavy atom. The zero-order valence-corrected chi connectivity index (χ0v) is 14.2. The highest BCUT2D eigenvalue weighted by Gasteiger charge is 2.17. The van der Waals surface area contributed by atoms with E-state index in [-0.39, 0.29) is 11.9 Å². The Bertz CT molecular complexity index is 823. The molecule has 4 heteroatoms. The quantitative estimate of drug-likeness (QED) is 0.744. The molecule has 3 aromatic rings. The fourth-order valence-electron chi connectivity index (χ4n) is 3.02. The lowest BCUT2D eigenvalue weighted by Gasteiger charge is -2.18. The fourth-order valence-corrected chi connectivity index (χ4v) is 3.02. The van der Waals surface area contributed by atoms with Crippen molar-refractivity contribution < 1.29 is 4.79 Å². The molecule has 0 spiro atoms. The Hall–Kier alpha value is -2.62. The molecule has 0 radical (unpaired) electrons. The van der Waals surface area contributed by atoms with Gasteiger partial charge in [0.05, 0.1) is 23.6 Å². The van der Waals surface area contributed by atoms with Crippen molar-refractivity contribution in [2.75, 3.05) is 0 Å². The van der Waals surface area contributed by atoms with Gasteiger partial charge in [-0.05, 0) is 31.0 Å². The second-order valence-electron chi connectivity index (χ2n) is 6.00. The van der Waals surface area contributed by atoms with Gasteiger partial charge in [-0.3, -0.25) is 4.79 Å². The number of hydrogen-bond acceptors (Lipinski definition) is 2. The van der Waals surface area contributed by atoms with Crippen LogP contribution in [0.2, 0.25) is 0 Å². The molecule has 1 atom stereocenters. The summed E-state index contributed by atoms with van der Waals surface area (Å²) in [6.45, 7) is 4.62. The van der Waals surface area contributed by atoms with E-state index in [0.29, 0.717) is 13.0 Å². The van der Waals surface area contributed by atoms with Crippen LogP contribution in [0, 0.1) is 0 Å². The molecule has 0 saturated heterocycles. The topological polar surface area (TPSA) is 46.9 Å². The van der Waals surface area contributed by atoms with Crippen molar-refractivity contribution in [2.45, 2.75) is 39.3 Å². The van der Waals surface area contributed by atoms with Crippen LogP contribution in [0.25, 0.3) is 11.0 Å². The third kappa shape index (κ3) is 3.32. The van der Waals surface area contributed by atoms with E-state index < -0.39 is 0 Å². The zero-order valence-electron chi connectivity index (χ0n) is 14.2. The van der Waals surface area contributed by atoms with Crippen LogP contribution in [0.15, 0.2) is 54.6 Å². The summed E-state index contributed by atoms with van der Waals surface area (Å²) < 4.78 is 2.22. The van der Waals surface area contributed by atoms with Gasteiger partial charge in [-0.25, -0.2) is 4.98 Å². The molecule has 0 saturated carbocycles. The maximum absolute atomic E-state index is 11.8. The maximum atomic E-state index is 11.8. The molecule has 3 rings (SSSR count). The van der Waals surface area contributed by atoms with Crippen molar-refractivity contribution in [3.8, 4) is 0 Å². The number of amides is 1. The summed E-state index contributed by atoms with van der Waals surface area (Å²) in [5, 5.41) is 2.99. The number of benzene rings is 2. The number of hydrogen-bond donors (Lipinski definition) is 1. The smallest absolute Gasteiger partial charge is 0.220 e. The van der Waals surface area contributed by atoms with Crippen LogP contribution < -0.4 is 5.32 Å². The van der Waals surface area contributed by atoms with Gasteiger partial charge < -0.3 is 9.88 Å². The first kappa shape index (κ1) is 16.2. The van der Waals surface area contributed by atoms with E-state index in [4.69, 9.17) is 4.98 Å². The average Bonchev–Trinajstić information content (AvgIpc) is 2.99. The fraction of sp³-hybridized carbons (Fsp3) is 0.300. The van der Waals surface area contributed by atoms with Crippen molar-refractivity contribution >= 4 is 16.9 Å². The third-order valence-electron chi connectivity index (χ3n) is 4.26. The molecule has 0 aliphatic carbocycles. The van der Waals surface area contributed by atoms with E-state index in [0.717, 1.165) is 23.3 Å². The Balaban J connectivity index is 1.97. The van der Waals surface area contributed by atoms with E-state index in [1.165, 1.54) is 5.56 Å². The van der Waals surface area contributed by atoms with E-state index in [2.05, 4.69) is 35.0 Å². The van der Waals surface area contributed by atoms with Crippen molar-refractivity contribution in [1.29, 1.82) is 0 Å². The molecule has 0 aliphatic rings. The summed E-state index contributed by atoms with van der Waals surface area (Å²) in [5.74, 6) is 0.959. The highest BCUT2D eigenvalue weighted by Crippen LogP contribution is 2.25. The highest BCUT2D eigenvalue weighted by molar-refractivity contribution is 5.77. The van der Waals surface area contributed by atoms with Crippen molar-refractivity contribution in [1.82, 2.24) is 14.9 Å². The number of para-hydroxylation sites is 2. The molecule has 0 bridgehead atoms. The predicted molar refractivity (Wildman–Crippen MR) is 96.7 cm³/mol. The molecule has 124 valence electrons. The first-order valence-electron chi connectivity index (χ1n) is 8.48. The zero-order chi connectivity index (χ0) is 16.9. The summed E-state index contributed by atoms with van der Waals surface area (Å²) >= 11 is 0. The number of aromatic nitrogens is 2. The number of carbonyl (C=O) groups is 1. The van der Waals surface area contributed by atoms with Crippen molar-refractivity contribution in [3.63, 3.8) is 0 Å². The first-order chi connectivity index (χ1) is 11.7. The number of fused-ring (bicyclic) bond motifs is 1. The molecular formula is C20H23N3O. The van der Waals surface area contributed by atoms with Gasteiger partial charge in [0.15, 0.2) is 0 Å². The minimum atomic E-state index is 0.0727. The molecule has 2 aromatic carbocycles. The summed E-state index contributed by atoms with van der Waals surface area (Å²) in [6.07, 6.45) is 1.40. The molecule has 1 unspecified atom stereocenters. The number of rotatable bonds is 6. The number of nitrogens with zero attached hydrogens (tertiary/aromatic N) is 2. The summed E-state index contributed by atoms with van der Waals surface area (Å²) in [7, 11) is 0. The van der Waals surface area contributed by atoms with Crippen LogP contribution in [0.1, 0.15) is 44.1 Å². The van der Waals surface area contributed by atoms with Gasteiger partial charge in [-0.15, -0.1) is 0 Å². The summed E-state index contributed by atoms with van der Waals surface area (Å²) in [4.78, 5) is 16.6. The second kappa shape index (κ2) is 7.30. The van der Waals surface area contributed by atoms with Crippen LogP contribution in [-0.2, 0) is 11.3 Å². The van der Waals surface area contributed by atoms with Gasteiger partial charge in [0.25, 0.3) is 0 Å². The third-order valence-corrected chi connectivity index (χ3v) is 4.26. The predicted octanol–water partition coefficient (Wildman–Crippen LogP) is 4.06. The van der Waals surface area contributed by atoms with Crippen LogP contribution in [0.3, 0.4) is 0 Å². The van der Waals surface area contributed by atoms with Crippen LogP contribution in [0.4, 0.5) is 0 Å². The minimum absolute atomic E-state index is 0.0727. The lowest BCUT2D eigenvalue weighted by molar-refractivity contribution is -0.121. The summed E-state index contributed by atoms with van der Waals surface area (Å²) in [6, 6.07) is 18.6. The molecule has 0 fully saturated rings. The second-order valence-corrected chi connectivity index (χ2v) is 6.00. The largest absolute Gasteiger partial charge is 0.349 e. The van der Waals surface area contributed by atoms with Gasteiger partial charge in [0, 0.05) is 6.42 Å². The van der Waals surface area contributed by atoms with E-state index in [9.17, 15) is 4.79 Å². The minimum Gasteiger partial charge on any atom is -0.349 e. The molecule has 4 nitrogen and oxygen atoms in total. The lowest BCUT2D eigenvalue weighted by atomic mass is 10.1. The Kier molecular flexibility index (Phi) is 4.94. The van der Waals surface area contributed by atoms with Gasteiger partial charge in [0.1, 0.15) is 5.82 Å². The molecular weight excluding hydrogens is 298 g/mol. The van der Waals surface area contributed by atoms with E-state index in [1.807, 2.05) is 43.3 Å². The number of carbonyl (C=O) groups excluding carboxylic acids is 1. The molecule has 1 heterocycles. The summed E-state index contributed by atoms with van der Waals surface area (Å²) in [5.41, 5.74) is 3.27. The van der Waals surface area contributed by atoms with Crippen LogP contribution in [0.5, 0.6) is 0 Å². The molecule has 24 heavy (non-hydrogen) atoms. The van der Waals surface area contributed by atoms with Gasteiger partial charge in [0.2, 0.25) is 5.91 Å². The Morgan fingerprint density at radius 1 is 1.12 bits per heavy atom. The normalized spacial score (nSPS) is 12.2. The van der Waals surface area contributed by atoms with Crippen LogP contribution >= 0.6 is 0 Å². The van der Waals surface area contributed by atoms with E-state index >= 15 is 0 Å².